The number of amides is 1. The maximum atomic E-state index is 11.3. The van der Waals surface area contributed by atoms with Crippen LogP contribution in [0.2, 0.25) is 0 Å². The maximum absolute atomic E-state index is 11.3. The Morgan fingerprint density at radius 3 is 2.92 bits per heavy atom. The minimum atomic E-state index is -0.388. The molecule has 2 heterocycles. The number of aryl methyl sites for hydroxylation is 2. The van der Waals surface area contributed by atoms with Crippen molar-refractivity contribution in [3.05, 3.63) is 52.8 Å². The molecule has 24 heavy (non-hydrogen) atoms. The minimum absolute atomic E-state index is 0.121. The topological polar surface area (TPSA) is 73.4 Å². The fourth-order valence-electron chi connectivity index (χ4n) is 3.17. The van der Waals surface area contributed by atoms with Gasteiger partial charge in [0, 0.05) is 30.9 Å². The van der Waals surface area contributed by atoms with Gasteiger partial charge in [-0.15, -0.1) is 0 Å². The summed E-state index contributed by atoms with van der Waals surface area (Å²) in [5.41, 5.74) is 9.19. The van der Waals surface area contributed by atoms with Crippen LogP contribution >= 0.6 is 0 Å². The van der Waals surface area contributed by atoms with E-state index in [-0.39, 0.29) is 12.0 Å². The van der Waals surface area contributed by atoms with E-state index in [2.05, 4.69) is 23.0 Å². The Labute approximate surface area is 142 Å². The average Bonchev–Trinajstić information content (AvgIpc) is 2.85. The molecule has 3 rings (SSSR count). The lowest BCUT2D eigenvalue weighted by atomic mass is 10.1. The number of ether oxygens (including phenoxy) is 1. The number of aromatic nitrogens is 2. The lowest BCUT2D eigenvalue weighted by Gasteiger charge is -2.33. The maximum Gasteiger partial charge on any atom is 0.248 e. The third kappa shape index (κ3) is 4.01. The van der Waals surface area contributed by atoms with Crippen molar-refractivity contribution in [1.82, 2.24) is 14.7 Å². The molecule has 1 aromatic carbocycles. The second-order valence-corrected chi connectivity index (χ2v) is 6.40. The van der Waals surface area contributed by atoms with Crippen LogP contribution in [0.4, 0.5) is 0 Å². The summed E-state index contributed by atoms with van der Waals surface area (Å²) in [6.07, 6.45) is 0.121. The molecular weight excluding hydrogens is 304 g/mol. The molecule has 2 N–H and O–H groups in total. The number of hydrogen-bond donors (Lipinski definition) is 1. The van der Waals surface area contributed by atoms with Gasteiger partial charge in [-0.2, -0.15) is 5.10 Å². The molecule has 0 bridgehead atoms. The Bertz CT molecular complexity index is 726. The molecule has 2 aromatic rings. The van der Waals surface area contributed by atoms with Crippen molar-refractivity contribution in [2.45, 2.75) is 33.0 Å². The highest BCUT2D eigenvalue weighted by Crippen LogP contribution is 2.14. The first-order valence-corrected chi connectivity index (χ1v) is 8.25. The predicted molar refractivity (Wildman–Crippen MR) is 91.7 cm³/mol. The molecule has 6 nitrogen and oxygen atoms in total. The van der Waals surface area contributed by atoms with Crippen LogP contribution in [0.3, 0.4) is 0 Å². The molecule has 1 aromatic heterocycles. The SMILES string of the molecule is Cc1cc(C)n(C[C@@H]2CN(Cc3cccc(C(N)=O)c3)CCO2)n1. The second kappa shape index (κ2) is 7.15. The van der Waals surface area contributed by atoms with Gasteiger partial charge in [0.25, 0.3) is 0 Å². The monoisotopic (exact) mass is 328 g/mol. The van der Waals surface area contributed by atoms with Crippen LogP contribution in [0.15, 0.2) is 30.3 Å². The zero-order valence-electron chi connectivity index (χ0n) is 14.2. The van der Waals surface area contributed by atoms with E-state index in [1.807, 2.05) is 29.8 Å². The van der Waals surface area contributed by atoms with Crippen molar-refractivity contribution in [1.29, 1.82) is 0 Å². The summed E-state index contributed by atoms with van der Waals surface area (Å²) in [5, 5.41) is 4.51. The molecule has 0 aliphatic carbocycles. The number of morpholine rings is 1. The molecule has 128 valence electrons. The van der Waals surface area contributed by atoms with E-state index in [9.17, 15) is 4.79 Å². The first kappa shape index (κ1) is 16.7. The van der Waals surface area contributed by atoms with Crippen molar-refractivity contribution in [2.24, 2.45) is 5.73 Å². The van der Waals surface area contributed by atoms with Crippen LogP contribution in [-0.4, -0.2) is 46.4 Å². The van der Waals surface area contributed by atoms with Gasteiger partial charge in [0.2, 0.25) is 5.91 Å². The number of carbonyl (C=O) groups is 1. The van der Waals surface area contributed by atoms with Gasteiger partial charge in [0.05, 0.1) is 24.9 Å². The standard InChI is InChI=1S/C18H24N4O2/c1-13-8-14(2)22(20-13)12-17-11-21(6-7-24-17)10-15-4-3-5-16(9-15)18(19)23/h3-5,8-9,17H,6-7,10-12H2,1-2H3,(H2,19,23)/t17-/m0/s1. The molecule has 1 aliphatic heterocycles. The van der Waals surface area contributed by atoms with Crippen molar-refractivity contribution < 1.29 is 9.53 Å². The van der Waals surface area contributed by atoms with Crippen LogP contribution in [0.1, 0.15) is 27.3 Å². The summed E-state index contributed by atoms with van der Waals surface area (Å²) in [5.74, 6) is -0.388. The summed E-state index contributed by atoms with van der Waals surface area (Å²) in [4.78, 5) is 13.7. The summed E-state index contributed by atoms with van der Waals surface area (Å²) >= 11 is 0. The molecule has 0 saturated carbocycles. The zero-order chi connectivity index (χ0) is 17.1. The minimum Gasteiger partial charge on any atom is -0.374 e. The van der Waals surface area contributed by atoms with Crippen molar-refractivity contribution in [3.8, 4) is 0 Å². The quantitative estimate of drug-likeness (QED) is 0.903. The number of nitrogens with two attached hydrogens (primary N) is 1. The van der Waals surface area contributed by atoms with E-state index in [1.165, 1.54) is 0 Å². The molecular formula is C18H24N4O2. The molecule has 1 saturated heterocycles. The predicted octanol–water partition coefficient (Wildman–Crippen LogP) is 1.50. The van der Waals surface area contributed by atoms with E-state index in [0.717, 1.165) is 43.1 Å². The van der Waals surface area contributed by atoms with Crippen LogP contribution in [0, 0.1) is 13.8 Å². The van der Waals surface area contributed by atoms with Gasteiger partial charge in [-0.3, -0.25) is 14.4 Å². The van der Waals surface area contributed by atoms with Crippen LogP contribution in [0.5, 0.6) is 0 Å². The number of hydrogen-bond acceptors (Lipinski definition) is 4. The van der Waals surface area contributed by atoms with E-state index in [4.69, 9.17) is 10.5 Å². The number of carbonyl (C=O) groups excluding carboxylic acids is 1. The van der Waals surface area contributed by atoms with Gasteiger partial charge in [0.15, 0.2) is 0 Å². The van der Waals surface area contributed by atoms with E-state index >= 15 is 0 Å². The molecule has 1 fully saturated rings. The highest BCUT2D eigenvalue weighted by Gasteiger charge is 2.22. The Kier molecular flexibility index (Phi) is 4.97. The number of primary amides is 1. The first-order valence-electron chi connectivity index (χ1n) is 8.25. The lowest BCUT2D eigenvalue weighted by molar-refractivity contribution is -0.0405. The van der Waals surface area contributed by atoms with Gasteiger partial charge >= 0.3 is 0 Å². The smallest absolute Gasteiger partial charge is 0.248 e. The van der Waals surface area contributed by atoms with Crippen LogP contribution < -0.4 is 5.73 Å². The Morgan fingerprint density at radius 2 is 2.21 bits per heavy atom. The van der Waals surface area contributed by atoms with Crippen LogP contribution in [-0.2, 0) is 17.8 Å². The van der Waals surface area contributed by atoms with Crippen molar-refractivity contribution >= 4 is 5.91 Å². The van der Waals surface area contributed by atoms with Gasteiger partial charge in [-0.1, -0.05) is 12.1 Å². The van der Waals surface area contributed by atoms with Crippen LogP contribution in [0.25, 0.3) is 0 Å². The number of rotatable bonds is 5. The van der Waals surface area contributed by atoms with Gasteiger partial charge in [0.1, 0.15) is 0 Å². The van der Waals surface area contributed by atoms with Gasteiger partial charge < -0.3 is 10.5 Å². The Balaban J connectivity index is 1.62. The van der Waals surface area contributed by atoms with E-state index in [0.29, 0.717) is 12.2 Å². The molecule has 0 unspecified atom stereocenters. The summed E-state index contributed by atoms with van der Waals surface area (Å²) in [7, 11) is 0. The fraction of sp³-hybridized carbons (Fsp3) is 0.444. The average molecular weight is 328 g/mol. The largest absolute Gasteiger partial charge is 0.374 e. The van der Waals surface area contributed by atoms with E-state index in [1.54, 1.807) is 6.07 Å². The second-order valence-electron chi connectivity index (χ2n) is 6.40. The summed E-state index contributed by atoms with van der Waals surface area (Å²) in [6, 6.07) is 9.60. The Hall–Kier alpha value is -2.18. The molecule has 1 atom stereocenters. The third-order valence-corrected chi connectivity index (χ3v) is 4.32. The molecule has 1 amide bonds. The van der Waals surface area contributed by atoms with Crippen molar-refractivity contribution in [3.63, 3.8) is 0 Å². The fourth-order valence-corrected chi connectivity index (χ4v) is 3.17. The highest BCUT2D eigenvalue weighted by molar-refractivity contribution is 5.92. The summed E-state index contributed by atoms with van der Waals surface area (Å²) < 4.78 is 7.91. The normalized spacial score (nSPS) is 18.7. The molecule has 1 aliphatic rings. The van der Waals surface area contributed by atoms with E-state index < -0.39 is 0 Å². The third-order valence-electron chi connectivity index (χ3n) is 4.32. The van der Waals surface area contributed by atoms with Gasteiger partial charge in [-0.05, 0) is 37.6 Å². The van der Waals surface area contributed by atoms with Gasteiger partial charge in [-0.25, -0.2) is 0 Å². The Morgan fingerprint density at radius 1 is 1.38 bits per heavy atom. The molecule has 0 radical (unpaired) electrons. The van der Waals surface area contributed by atoms with Crippen molar-refractivity contribution in [2.75, 3.05) is 19.7 Å². The molecule has 6 heteroatoms. The number of benzene rings is 1. The first-order chi connectivity index (χ1) is 11.5. The highest BCUT2D eigenvalue weighted by atomic mass is 16.5. The number of nitrogens with zero attached hydrogens (tertiary/aromatic N) is 3. The molecule has 0 spiro atoms. The lowest BCUT2D eigenvalue weighted by Crippen LogP contribution is -2.44. The zero-order valence-corrected chi connectivity index (χ0v) is 14.2. The summed E-state index contributed by atoms with van der Waals surface area (Å²) in [6.45, 7) is 8.06.